The van der Waals surface area contributed by atoms with Gasteiger partial charge in [-0.05, 0) is 22.9 Å². The van der Waals surface area contributed by atoms with Gasteiger partial charge in [0.25, 0.3) is 0 Å². The highest BCUT2D eigenvalue weighted by Crippen LogP contribution is 2.19. The first kappa shape index (κ1) is 14.2. The van der Waals surface area contributed by atoms with Crippen LogP contribution in [-0.4, -0.2) is 20.1 Å². The number of hydrogen-bond donors (Lipinski definition) is 2. The lowest BCUT2D eigenvalue weighted by molar-refractivity contribution is 0.350. The second-order valence-corrected chi connectivity index (χ2v) is 7.42. The molecule has 0 amide bonds. The van der Waals surface area contributed by atoms with Crippen LogP contribution in [0.1, 0.15) is 10.4 Å². The van der Waals surface area contributed by atoms with E-state index in [1.54, 1.807) is 17.5 Å². The van der Waals surface area contributed by atoms with Crippen molar-refractivity contribution in [1.82, 2.24) is 4.72 Å². The zero-order valence-electron chi connectivity index (χ0n) is 9.79. The highest BCUT2D eigenvalue weighted by atomic mass is 32.2. The summed E-state index contributed by atoms with van der Waals surface area (Å²) < 4.78 is 26.7. The van der Waals surface area contributed by atoms with E-state index in [0.29, 0.717) is 4.21 Å². The van der Waals surface area contributed by atoms with Gasteiger partial charge in [0, 0.05) is 17.0 Å². The van der Waals surface area contributed by atoms with Gasteiger partial charge in [-0.1, -0.05) is 17.9 Å². The molecule has 0 aromatic carbocycles. The van der Waals surface area contributed by atoms with Crippen molar-refractivity contribution in [1.29, 1.82) is 0 Å². The van der Waals surface area contributed by atoms with Crippen LogP contribution in [0.2, 0.25) is 0 Å². The minimum atomic E-state index is -3.45. The van der Waals surface area contributed by atoms with Crippen LogP contribution in [0.4, 0.5) is 0 Å². The minimum Gasteiger partial charge on any atom is -0.384 e. The molecule has 2 aromatic heterocycles. The van der Waals surface area contributed by atoms with E-state index >= 15 is 0 Å². The van der Waals surface area contributed by atoms with Gasteiger partial charge in [-0.25, -0.2) is 13.1 Å². The van der Waals surface area contributed by atoms with Crippen molar-refractivity contribution in [2.75, 3.05) is 6.61 Å². The van der Waals surface area contributed by atoms with E-state index in [2.05, 4.69) is 16.6 Å². The van der Waals surface area contributed by atoms with Crippen LogP contribution >= 0.6 is 22.7 Å². The molecule has 0 aliphatic heterocycles. The minimum absolute atomic E-state index is 0.202. The fraction of sp³-hybridized carbons (Fsp3) is 0.167. The summed E-state index contributed by atoms with van der Waals surface area (Å²) in [6, 6.07) is 5.07. The smallest absolute Gasteiger partial charge is 0.250 e. The van der Waals surface area contributed by atoms with Gasteiger partial charge in [-0.2, -0.15) is 0 Å². The molecule has 0 spiro atoms. The van der Waals surface area contributed by atoms with Crippen LogP contribution in [0.5, 0.6) is 0 Å². The molecule has 0 bridgehead atoms. The molecule has 19 heavy (non-hydrogen) atoms. The van der Waals surface area contributed by atoms with E-state index in [0.717, 1.165) is 10.4 Å². The first-order valence-corrected chi connectivity index (χ1v) is 8.57. The van der Waals surface area contributed by atoms with E-state index in [4.69, 9.17) is 5.11 Å². The summed E-state index contributed by atoms with van der Waals surface area (Å²) in [5.74, 6) is 5.34. The Morgan fingerprint density at radius 1 is 1.26 bits per heavy atom. The molecule has 4 nitrogen and oxygen atoms in total. The van der Waals surface area contributed by atoms with Crippen LogP contribution in [0.15, 0.2) is 33.2 Å². The maximum Gasteiger partial charge on any atom is 0.250 e. The quantitative estimate of drug-likeness (QED) is 0.843. The Bertz CT molecular complexity index is 690. The molecule has 0 radical (unpaired) electrons. The number of sulfonamides is 1. The first-order valence-electron chi connectivity index (χ1n) is 5.33. The van der Waals surface area contributed by atoms with Crippen LogP contribution < -0.4 is 4.72 Å². The number of aliphatic hydroxyl groups excluding tert-OH is 1. The van der Waals surface area contributed by atoms with E-state index in [-0.39, 0.29) is 13.2 Å². The van der Waals surface area contributed by atoms with Gasteiger partial charge in [0.2, 0.25) is 10.0 Å². The molecule has 100 valence electrons. The van der Waals surface area contributed by atoms with Crippen LogP contribution in [0.3, 0.4) is 0 Å². The van der Waals surface area contributed by atoms with E-state index in [9.17, 15) is 8.42 Å². The van der Waals surface area contributed by atoms with Crippen molar-refractivity contribution in [3.63, 3.8) is 0 Å². The first-order chi connectivity index (χ1) is 9.13. The van der Waals surface area contributed by atoms with Gasteiger partial charge in [-0.3, -0.25) is 0 Å². The lowest BCUT2D eigenvalue weighted by atomic mass is 10.2. The van der Waals surface area contributed by atoms with Crippen LogP contribution in [0, 0.1) is 11.8 Å². The summed E-state index contributed by atoms with van der Waals surface area (Å²) >= 11 is 2.61. The van der Waals surface area contributed by atoms with Gasteiger partial charge in [0.05, 0.1) is 0 Å². The molecule has 0 saturated carbocycles. The van der Waals surface area contributed by atoms with Gasteiger partial charge < -0.3 is 5.11 Å². The molecule has 0 aliphatic carbocycles. The number of aliphatic hydroxyl groups is 1. The predicted molar refractivity (Wildman–Crippen MR) is 76.6 cm³/mol. The van der Waals surface area contributed by atoms with E-state index < -0.39 is 10.0 Å². The number of nitrogens with one attached hydrogen (secondary N) is 1. The topological polar surface area (TPSA) is 66.4 Å². The lowest BCUT2D eigenvalue weighted by Gasteiger charge is -2.03. The van der Waals surface area contributed by atoms with Crippen molar-refractivity contribution < 1.29 is 13.5 Å². The van der Waals surface area contributed by atoms with E-state index in [1.165, 1.54) is 22.7 Å². The molecule has 0 saturated heterocycles. The maximum absolute atomic E-state index is 11.9. The summed E-state index contributed by atoms with van der Waals surface area (Å²) in [6.07, 6.45) is 0. The molecule has 2 aromatic rings. The summed E-state index contributed by atoms with van der Waals surface area (Å²) in [5.41, 5.74) is 0.743. The second-order valence-electron chi connectivity index (χ2n) is 3.47. The Balaban J connectivity index is 2.10. The summed E-state index contributed by atoms with van der Waals surface area (Å²) in [5, 5.41) is 12.2. The van der Waals surface area contributed by atoms with Crippen molar-refractivity contribution in [3.05, 3.63) is 39.4 Å². The third-order valence-electron chi connectivity index (χ3n) is 2.23. The highest BCUT2D eigenvalue weighted by Gasteiger charge is 2.15. The molecular formula is C12H11NO3S3. The normalized spacial score (nSPS) is 11.0. The Kier molecular flexibility index (Phi) is 4.74. The molecule has 0 aliphatic rings. The van der Waals surface area contributed by atoms with Crippen molar-refractivity contribution in [3.8, 4) is 11.8 Å². The molecule has 0 fully saturated rings. The molecule has 2 heterocycles. The molecule has 2 rings (SSSR count). The Morgan fingerprint density at radius 3 is 2.79 bits per heavy atom. The SMILES string of the molecule is O=S(=O)(NCc1sccc1C#CCO)c1cccs1. The standard InChI is InChI=1S/C12H11NO3S3/c14-6-1-3-10-5-8-17-11(10)9-13-19(15,16)12-4-2-7-18-12/h2,4-5,7-8,13-14H,6,9H2. The fourth-order valence-corrected chi connectivity index (χ4v) is 4.27. The molecule has 0 unspecified atom stereocenters. The number of thiophene rings is 2. The summed E-state index contributed by atoms with van der Waals surface area (Å²) in [4.78, 5) is 0.834. The lowest BCUT2D eigenvalue weighted by Crippen LogP contribution is -2.22. The van der Waals surface area contributed by atoms with Gasteiger partial charge >= 0.3 is 0 Å². The Labute approximate surface area is 119 Å². The van der Waals surface area contributed by atoms with Gasteiger partial charge in [-0.15, -0.1) is 22.7 Å². The Hall–Kier alpha value is -1.17. The van der Waals surface area contributed by atoms with Gasteiger partial charge in [0.15, 0.2) is 0 Å². The molecule has 0 atom stereocenters. The summed E-state index contributed by atoms with van der Waals surface area (Å²) in [6.45, 7) is -0.0104. The second kappa shape index (κ2) is 6.32. The maximum atomic E-state index is 11.9. The summed E-state index contributed by atoms with van der Waals surface area (Å²) in [7, 11) is -3.45. The third kappa shape index (κ3) is 3.65. The Morgan fingerprint density at radius 2 is 2.11 bits per heavy atom. The highest BCUT2D eigenvalue weighted by molar-refractivity contribution is 7.91. The number of rotatable bonds is 4. The molecular weight excluding hydrogens is 302 g/mol. The van der Waals surface area contributed by atoms with Gasteiger partial charge in [0.1, 0.15) is 10.8 Å². The largest absolute Gasteiger partial charge is 0.384 e. The average Bonchev–Trinajstić information content (AvgIpc) is 3.05. The zero-order valence-corrected chi connectivity index (χ0v) is 12.2. The third-order valence-corrected chi connectivity index (χ3v) is 5.95. The van der Waals surface area contributed by atoms with Crippen molar-refractivity contribution >= 4 is 32.7 Å². The fourth-order valence-electron chi connectivity index (χ4n) is 1.37. The van der Waals surface area contributed by atoms with Crippen molar-refractivity contribution in [2.45, 2.75) is 10.8 Å². The molecule has 2 N–H and O–H groups in total. The van der Waals surface area contributed by atoms with Crippen LogP contribution in [-0.2, 0) is 16.6 Å². The zero-order chi connectivity index (χ0) is 13.7. The van der Waals surface area contributed by atoms with Crippen molar-refractivity contribution in [2.24, 2.45) is 0 Å². The monoisotopic (exact) mass is 313 g/mol. The van der Waals surface area contributed by atoms with Crippen LogP contribution in [0.25, 0.3) is 0 Å². The predicted octanol–water partition coefficient (Wildman–Crippen LogP) is 1.63. The average molecular weight is 313 g/mol. The molecule has 7 heteroatoms. The number of hydrogen-bond acceptors (Lipinski definition) is 5. The van der Waals surface area contributed by atoms with E-state index in [1.807, 2.05) is 11.4 Å².